The van der Waals surface area contributed by atoms with Gasteiger partial charge in [0.25, 0.3) is 0 Å². The van der Waals surface area contributed by atoms with E-state index in [1.807, 2.05) is 24.4 Å². The molecular weight excluding hydrogens is 314 g/mol. The molecule has 1 aliphatic rings. The maximum atomic E-state index is 9.25. The second-order valence-corrected chi connectivity index (χ2v) is 6.62. The lowest BCUT2D eigenvalue weighted by Crippen LogP contribution is -2.34. The van der Waals surface area contributed by atoms with E-state index >= 15 is 0 Å². The summed E-state index contributed by atoms with van der Waals surface area (Å²) in [5.74, 6) is 2.21. The maximum Gasteiger partial charge on any atom is 0.126 e. The van der Waals surface area contributed by atoms with Gasteiger partial charge in [0, 0.05) is 31.8 Å². The molecule has 1 aliphatic heterocycles. The molecular formula is C20H27N3O2. The van der Waals surface area contributed by atoms with Crippen molar-refractivity contribution in [3.8, 4) is 5.75 Å². The van der Waals surface area contributed by atoms with E-state index in [0.29, 0.717) is 19.1 Å². The normalized spacial score (nSPS) is 15.2. The molecule has 2 N–H and O–H groups in total. The molecule has 0 unspecified atom stereocenters. The second kappa shape index (κ2) is 8.21. The summed E-state index contributed by atoms with van der Waals surface area (Å²) in [5.41, 5.74) is 3.51. The summed E-state index contributed by atoms with van der Waals surface area (Å²) < 4.78 is 5.45. The molecule has 2 heterocycles. The number of anilines is 2. The quantitative estimate of drug-likeness (QED) is 0.845. The second-order valence-electron chi connectivity index (χ2n) is 6.62. The molecule has 1 fully saturated rings. The number of aryl methyl sites for hydroxylation is 1. The van der Waals surface area contributed by atoms with E-state index in [9.17, 15) is 5.11 Å². The van der Waals surface area contributed by atoms with Crippen LogP contribution >= 0.6 is 0 Å². The van der Waals surface area contributed by atoms with Gasteiger partial charge in [-0.25, -0.2) is 4.98 Å². The van der Waals surface area contributed by atoms with Crippen LogP contribution in [0.2, 0.25) is 0 Å². The number of pyridine rings is 1. The summed E-state index contributed by atoms with van der Waals surface area (Å²) in [6.45, 7) is 5.05. The van der Waals surface area contributed by atoms with Crippen molar-refractivity contribution in [2.45, 2.75) is 26.3 Å². The highest BCUT2D eigenvalue weighted by molar-refractivity contribution is 5.50. The Kier molecular flexibility index (Phi) is 5.76. The number of aliphatic hydroxyl groups excluding tert-OH is 1. The number of methoxy groups -OCH3 is 1. The first-order valence-electron chi connectivity index (χ1n) is 8.89. The van der Waals surface area contributed by atoms with Crippen LogP contribution in [0, 0.1) is 12.8 Å². The predicted molar refractivity (Wildman–Crippen MR) is 101 cm³/mol. The number of nitrogens with zero attached hydrogens (tertiary/aromatic N) is 2. The summed E-state index contributed by atoms with van der Waals surface area (Å²) in [7, 11) is 1.70. The molecule has 0 radical (unpaired) electrons. The van der Waals surface area contributed by atoms with Crippen molar-refractivity contribution in [2.24, 2.45) is 5.92 Å². The zero-order valence-corrected chi connectivity index (χ0v) is 15.0. The first kappa shape index (κ1) is 17.5. The Hall–Kier alpha value is -2.27. The summed E-state index contributed by atoms with van der Waals surface area (Å²) in [6, 6.07) is 10.2. The van der Waals surface area contributed by atoms with E-state index in [-0.39, 0.29) is 0 Å². The van der Waals surface area contributed by atoms with Crippen LogP contribution in [0.25, 0.3) is 0 Å². The van der Waals surface area contributed by atoms with Crippen LogP contribution in [0.5, 0.6) is 5.75 Å². The number of rotatable bonds is 6. The van der Waals surface area contributed by atoms with Crippen LogP contribution in [0.3, 0.4) is 0 Å². The van der Waals surface area contributed by atoms with Gasteiger partial charge in [0.05, 0.1) is 19.0 Å². The van der Waals surface area contributed by atoms with Crippen molar-refractivity contribution in [1.29, 1.82) is 0 Å². The lowest BCUT2D eigenvalue weighted by molar-refractivity contribution is 0.203. The maximum absolute atomic E-state index is 9.25. The molecule has 1 aromatic heterocycles. The third-order valence-corrected chi connectivity index (χ3v) is 5.02. The Labute approximate surface area is 149 Å². The number of nitrogens with one attached hydrogen (secondary N) is 1. The van der Waals surface area contributed by atoms with Gasteiger partial charge in [-0.3, -0.25) is 0 Å². The fraction of sp³-hybridized carbons (Fsp3) is 0.450. The van der Waals surface area contributed by atoms with E-state index in [1.165, 1.54) is 5.56 Å². The van der Waals surface area contributed by atoms with Crippen molar-refractivity contribution in [3.05, 3.63) is 47.7 Å². The fourth-order valence-electron chi connectivity index (χ4n) is 3.32. The number of piperidine rings is 1. The Morgan fingerprint density at radius 1 is 1.24 bits per heavy atom. The van der Waals surface area contributed by atoms with E-state index in [1.54, 1.807) is 7.11 Å². The molecule has 0 saturated carbocycles. The highest BCUT2D eigenvalue weighted by Crippen LogP contribution is 2.25. The molecule has 3 rings (SSSR count). The van der Waals surface area contributed by atoms with Gasteiger partial charge < -0.3 is 20.1 Å². The molecule has 0 bridgehead atoms. The summed E-state index contributed by atoms with van der Waals surface area (Å²) in [5, 5.41) is 12.6. The molecule has 1 aromatic carbocycles. The molecule has 2 aromatic rings. The average Bonchev–Trinajstić information content (AvgIpc) is 2.67. The van der Waals surface area contributed by atoms with Gasteiger partial charge in [-0.1, -0.05) is 12.1 Å². The standard InChI is InChI=1S/C20H27N3O2/c1-15-4-3-5-19(25-2)18(15)13-22-20-7-6-17(12-21-20)23-10-8-16(14-24)9-11-23/h3-7,12,16,24H,8-11,13-14H2,1-2H3,(H,21,22). The van der Waals surface area contributed by atoms with E-state index in [0.717, 1.165) is 48.7 Å². The lowest BCUT2D eigenvalue weighted by atomic mass is 9.98. The molecule has 0 aliphatic carbocycles. The molecule has 5 nitrogen and oxygen atoms in total. The van der Waals surface area contributed by atoms with Gasteiger partial charge >= 0.3 is 0 Å². The Bertz CT molecular complexity index is 680. The molecule has 134 valence electrons. The van der Waals surface area contributed by atoms with Gasteiger partial charge in [0.1, 0.15) is 11.6 Å². The number of benzene rings is 1. The van der Waals surface area contributed by atoms with E-state index < -0.39 is 0 Å². The smallest absolute Gasteiger partial charge is 0.126 e. The van der Waals surface area contributed by atoms with Crippen molar-refractivity contribution in [1.82, 2.24) is 4.98 Å². The lowest BCUT2D eigenvalue weighted by Gasteiger charge is -2.32. The highest BCUT2D eigenvalue weighted by Gasteiger charge is 2.18. The molecule has 0 atom stereocenters. The number of hydrogen-bond donors (Lipinski definition) is 2. The van der Waals surface area contributed by atoms with Crippen molar-refractivity contribution in [3.63, 3.8) is 0 Å². The average molecular weight is 341 g/mol. The molecule has 5 heteroatoms. The minimum Gasteiger partial charge on any atom is -0.496 e. The van der Waals surface area contributed by atoms with Crippen LogP contribution in [-0.2, 0) is 6.54 Å². The van der Waals surface area contributed by atoms with Crippen LogP contribution in [-0.4, -0.2) is 36.9 Å². The van der Waals surface area contributed by atoms with Crippen LogP contribution in [0.1, 0.15) is 24.0 Å². The van der Waals surface area contributed by atoms with Crippen molar-refractivity contribution >= 4 is 11.5 Å². The summed E-state index contributed by atoms with van der Waals surface area (Å²) >= 11 is 0. The zero-order valence-electron chi connectivity index (χ0n) is 15.0. The van der Waals surface area contributed by atoms with Crippen LogP contribution in [0.15, 0.2) is 36.5 Å². The topological polar surface area (TPSA) is 57.6 Å². The fourth-order valence-corrected chi connectivity index (χ4v) is 3.32. The zero-order chi connectivity index (χ0) is 17.6. The largest absolute Gasteiger partial charge is 0.496 e. The van der Waals surface area contributed by atoms with Crippen molar-refractivity contribution < 1.29 is 9.84 Å². The monoisotopic (exact) mass is 341 g/mol. The minimum atomic E-state index is 0.303. The summed E-state index contributed by atoms with van der Waals surface area (Å²) in [6.07, 6.45) is 4.02. The highest BCUT2D eigenvalue weighted by atomic mass is 16.5. The third-order valence-electron chi connectivity index (χ3n) is 5.02. The Morgan fingerprint density at radius 3 is 2.68 bits per heavy atom. The van der Waals surface area contributed by atoms with Crippen molar-refractivity contribution in [2.75, 3.05) is 37.0 Å². The molecule has 25 heavy (non-hydrogen) atoms. The first-order valence-corrected chi connectivity index (χ1v) is 8.89. The molecule has 0 amide bonds. The van der Waals surface area contributed by atoms with Gasteiger partial charge in [-0.2, -0.15) is 0 Å². The first-order chi connectivity index (χ1) is 12.2. The van der Waals surface area contributed by atoms with Crippen LogP contribution in [0.4, 0.5) is 11.5 Å². The predicted octanol–water partition coefficient (Wildman–Crippen LogP) is 3.22. The Balaban J connectivity index is 1.60. The van der Waals surface area contributed by atoms with Gasteiger partial charge in [-0.05, 0) is 49.4 Å². The van der Waals surface area contributed by atoms with Gasteiger partial charge in [0.2, 0.25) is 0 Å². The summed E-state index contributed by atoms with van der Waals surface area (Å²) in [4.78, 5) is 6.89. The molecule has 0 spiro atoms. The van der Waals surface area contributed by atoms with E-state index in [4.69, 9.17) is 4.74 Å². The SMILES string of the molecule is COc1cccc(C)c1CNc1ccc(N2CCC(CO)CC2)cn1. The van der Waals surface area contributed by atoms with Gasteiger partial charge in [-0.15, -0.1) is 0 Å². The number of hydrogen-bond acceptors (Lipinski definition) is 5. The third kappa shape index (κ3) is 4.23. The van der Waals surface area contributed by atoms with Crippen LogP contribution < -0.4 is 15.0 Å². The molecule has 1 saturated heterocycles. The Morgan fingerprint density at radius 2 is 2.04 bits per heavy atom. The number of aliphatic hydroxyl groups is 1. The number of ether oxygens (including phenoxy) is 1. The van der Waals surface area contributed by atoms with Gasteiger partial charge in [0.15, 0.2) is 0 Å². The minimum absolute atomic E-state index is 0.303. The number of aromatic nitrogens is 1. The van der Waals surface area contributed by atoms with E-state index in [2.05, 4.69) is 34.3 Å².